The van der Waals surface area contributed by atoms with Crippen LogP contribution in [0.25, 0.3) is 11.1 Å². The summed E-state index contributed by atoms with van der Waals surface area (Å²) < 4.78 is 18.4. The van der Waals surface area contributed by atoms with E-state index in [2.05, 4.69) is 44.1 Å². The highest BCUT2D eigenvalue weighted by Gasteiger charge is 2.39. The number of hydrogen-bond acceptors (Lipinski definition) is 10. The number of aliphatic hydroxyl groups is 1. The highest BCUT2D eigenvalue weighted by atomic mass is 16.7. The van der Waals surface area contributed by atoms with E-state index in [1.807, 2.05) is 66.7 Å². The number of nitrogens with one attached hydrogen (secondary N) is 1. The van der Waals surface area contributed by atoms with Crippen LogP contribution in [0, 0.1) is 5.92 Å². The summed E-state index contributed by atoms with van der Waals surface area (Å²) in [6, 6.07) is 26.0. The average Bonchev–Trinajstić information content (AvgIpc) is 3.15. The summed E-state index contributed by atoms with van der Waals surface area (Å²) in [6.07, 6.45) is 1.87. The molecule has 5 unspecified atom stereocenters. The molecule has 0 saturated carbocycles. The number of hydrogen-bond donors (Lipinski definition) is 2. The Morgan fingerprint density at radius 2 is 1.60 bits per heavy atom. The molecule has 0 bridgehead atoms. The summed E-state index contributed by atoms with van der Waals surface area (Å²) in [6.45, 7) is 9.57. The van der Waals surface area contributed by atoms with Gasteiger partial charge in [0.15, 0.2) is 12.4 Å². The van der Waals surface area contributed by atoms with Crippen LogP contribution in [0.4, 0.5) is 5.95 Å². The Hall–Kier alpha value is -4.68. The molecule has 2 aliphatic heterocycles. The van der Waals surface area contributed by atoms with Gasteiger partial charge in [-0.25, -0.2) is 9.97 Å². The van der Waals surface area contributed by atoms with Crippen molar-refractivity contribution in [2.75, 3.05) is 37.6 Å². The summed E-state index contributed by atoms with van der Waals surface area (Å²) in [4.78, 5) is 37.0. The molecule has 1 aromatic heterocycles. The van der Waals surface area contributed by atoms with Crippen LogP contribution in [-0.2, 0) is 37.0 Å². The first-order valence-corrected chi connectivity index (χ1v) is 17.2. The molecule has 262 valence electrons. The maximum atomic E-state index is 12.3. The highest BCUT2D eigenvalue weighted by Crippen LogP contribution is 2.42. The van der Waals surface area contributed by atoms with E-state index in [0.29, 0.717) is 6.54 Å². The van der Waals surface area contributed by atoms with Gasteiger partial charge in [0.1, 0.15) is 0 Å². The quantitative estimate of drug-likeness (QED) is 0.213. The Morgan fingerprint density at radius 3 is 2.28 bits per heavy atom. The van der Waals surface area contributed by atoms with Crippen LogP contribution in [-0.4, -0.2) is 76.8 Å². The van der Waals surface area contributed by atoms with Crippen molar-refractivity contribution in [1.82, 2.24) is 20.2 Å². The zero-order valence-electron chi connectivity index (χ0n) is 28.8. The lowest BCUT2D eigenvalue weighted by molar-refractivity contribution is -0.276. The van der Waals surface area contributed by atoms with Gasteiger partial charge in [0, 0.05) is 70.1 Å². The molecule has 50 heavy (non-hydrogen) atoms. The standard InChI is InChI=1S/C39H45N5O6/c1-26-35(24-43-18-20-44(21-19-43)39-40-16-5-17-41-39)49-38(50-36(26)32-10-8-29(25-45)9-11-32)33-14-12-31(13-15-33)34-7-4-6-30(22-34)23-42-37(47)27(2)48-28(3)46/h4-17,22,26-27,35-36,38,45H,18-21,23-25H2,1-3H3,(H,42,47). The Morgan fingerprint density at radius 1 is 0.900 bits per heavy atom. The van der Waals surface area contributed by atoms with Gasteiger partial charge < -0.3 is 29.5 Å². The molecule has 0 spiro atoms. The zero-order chi connectivity index (χ0) is 35.0. The van der Waals surface area contributed by atoms with Crippen molar-refractivity contribution in [2.45, 2.75) is 58.5 Å². The van der Waals surface area contributed by atoms with E-state index in [9.17, 15) is 14.7 Å². The number of aliphatic hydroxyl groups excluding tert-OH is 1. The number of piperazine rings is 1. The third kappa shape index (κ3) is 8.72. The molecule has 3 aromatic carbocycles. The molecule has 6 rings (SSSR count). The van der Waals surface area contributed by atoms with Crippen molar-refractivity contribution in [3.63, 3.8) is 0 Å². The first-order chi connectivity index (χ1) is 24.3. The molecule has 4 aromatic rings. The predicted octanol–water partition coefficient (Wildman–Crippen LogP) is 4.82. The van der Waals surface area contributed by atoms with E-state index >= 15 is 0 Å². The zero-order valence-corrected chi connectivity index (χ0v) is 28.8. The average molecular weight is 680 g/mol. The van der Waals surface area contributed by atoms with E-state index in [0.717, 1.165) is 72.1 Å². The van der Waals surface area contributed by atoms with Gasteiger partial charge in [0.2, 0.25) is 5.95 Å². The lowest BCUT2D eigenvalue weighted by Gasteiger charge is -2.44. The van der Waals surface area contributed by atoms with Crippen molar-refractivity contribution in [1.29, 1.82) is 0 Å². The second-order valence-corrected chi connectivity index (χ2v) is 13.0. The van der Waals surface area contributed by atoms with Crippen LogP contribution in [0.15, 0.2) is 91.3 Å². The Balaban J connectivity index is 1.15. The molecule has 3 heterocycles. The van der Waals surface area contributed by atoms with Crippen LogP contribution in [0.3, 0.4) is 0 Å². The molecule has 0 radical (unpaired) electrons. The number of aromatic nitrogens is 2. The van der Waals surface area contributed by atoms with Crippen LogP contribution in [0.2, 0.25) is 0 Å². The number of anilines is 1. The minimum Gasteiger partial charge on any atom is -0.453 e. The molecule has 0 aliphatic carbocycles. The monoisotopic (exact) mass is 679 g/mol. The molecule has 2 aliphatic rings. The van der Waals surface area contributed by atoms with Crippen molar-refractivity contribution >= 4 is 17.8 Å². The number of amides is 1. The Bertz CT molecular complexity index is 1710. The smallest absolute Gasteiger partial charge is 0.303 e. The predicted molar refractivity (Wildman–Crippen MR) is 189 cm³/mol. The largest absolute Gasteiger partial charge is 0.453 e. The van der Waals surface area contributed by atoms with Crippen LogP contribution < -0.4 is 10.2 Å². The normalized spacial score (nSPS) is 21.7. The van der Waals surface area contributed by atoms with Crippen molar-refractivity contribution in [3.8, 4) is 11.1 Å². The fourth-order valence-electron chi connectivity index (χ4n) is 6.50. The summed E-state index contributed by atoms with van der Waals surface area (Å²) >= 11 is 0. The van der Waals surface area contributed by atoms with Gasteiger partial charge in [-0.05, 0) is 46.9 Å². The maximum Gasteiger partial charge on any atom is 0.303 e. The lowest BCUT2D eigenvalue weighted by Crippen LogP contribution is -2.51. The Kier molecular flexibility index (Phi) is 11.5. The fraction of sp³-hybridized carbons (Fsp3) is 0.385. The van der Waals surface area contributed by atoms with Gasteiger partial charge in [0.25, 0.3) is 5.91 Å². The number of rotatable bonds is 11. The molecule has 2 N–H and O–H groups in total. The van der Waals surface area contributed by atoms with E-state index < -0.39 is 18.4 Å². The van der Waals surface area contributed by atoms with Crippen LogP contribution >= 0.6 is 0 Å². The minimum atomic E-state index is -0.852. The van der Waals surface area contributed by atoms with E-state index in [1.54, 1.807) is 19.3 Å². The molecule has 2 saturated heterocycles. The SMILES string of the molecule is CC(=O)OC(C)C(=O)NCc1cccc(-c2ccc(C3OC(CN4CCN(c5ncccn5)CC4)C(C)C(c4ccc(CO)cc4)O3)cc2)c1. The number of ether oxygens (including phenoxy) is 3. The van der Waals surface area contributed by atoms with Gasteiger partial charge in [0.05, 0.1) is 18.8 Å². The maximum absolute atomic E-state index is 12.3. The van der Waals surface area contributed by atoms with E-state index in [1.165, 1.54) is 6.92 Å². The number of carbonyl (C=O) groups excluding carboxylic acids is 2. The third-order valence-electron chi connectivity index (χ3n) is 9.39. The topological polar surface area (TPSA) is 126 Å². The van der Waals surface area contributed by atoms with E-state index in [-0.39, 0.29) is 30.6 Å². The lowest BCUT2D eigenvalue weighted by atomic mass is 9.89. The van der Waals surface area contributed by atoms with E-state index in [4.69, 9.17) is 14.2 Å². The van der Waals surface area contributed by atoms with Gasteiger partial charge in [-0.2, -0.15) is 0 Å². The molecule has 11 heteroatoms. The van der Waals surface area contributed by atoms with Gasteiger partial charge in [-0.15, -0.1) is 0 Å². The van der Waals surface area contributed by atoms with Crippen molar-refractivity contribution < 1.29 is 28.9 Å². The van der Waals surface area contributed by atoms with Crippen molar-refractivity contribution in [3.05, 3.63) is 114 Å². The number of nitrogens with zero attached hydrogens (tertiary/aromatic N) is 4. The molecular formula is C39H45N5O6. The molecule has 5 atom stereocenters. The molecule has 11 nitrogen and oxygen atoms in total. The first-order valence-electron chi connectivity index (χ1n) is 17.2. The summed E-state index contributed by atoms with van der Waals surface area (Å²) in [7, 11) is 0. The molecular weight excluding hydrogens is 634 g/mol. The third-order valence-corrected chi connectivity index (χ3v) is 9.39. The summed E-state index contributed by atoms with van der Waals surface area (Å²) in [5, 5.41) is 12.4. The molecule has 1 amide bonds. The summed E-state index contributed by atoms with van der Waals surface area (Å²) in [5.74, 6) is 0.0120. The van der Waals surface area contributed by atoms with Gasteiger partial charge in [-0.1, -0.05) is 73.7 Å². The Labute approximate surface area is 293 Å². The van der Waals surface area contributed by atoms with Crippen molar-refractivity contribution in [2.24, 2.45) is 5.92 Å². The van der Waals surface area contributed by atoms with Gasteiger partial charge >= 0.3 is 5.97 Å². The minimum absolute atomic E-state index is 0.00506. The number of esters is 1. The number of carbonyl (C=O) groups is 2. The van der Waals surface area contributed by atoms with Crippen LogP contribution in [0.5, 0.6) is 0 Å². The fourth-order valence-corrected chi connectivity index (χ4v) is 6.50. The second-order valence-electron chi connectivity index (χ2n) is 13.0. The first kappa shape index (κ1) is 35.2. The molecule has 2 fully saturated rings. The second kappa shape index (κ2) is 16.4. The summed E-state index contributed by atoms with van der Waals surface area (Å²) in [5.41, 5.74) is 5.80. The van der Waals surface area contributed by atoms with Crippen LogP contribution in [0.1, 0.15) is 55.4 Å². The highest BCUT2D eigenvalue weighted by molar-refractivity contribution is 5.82. The van der Waals surface area contributed by atoms with Gasteiger partial charge in [-0.3, -0.25) is 14.5 Å². The number of benzene rings is 3.